The van der Waals surface area contributed by atoms with E-state index in [0.717, 1.165) is 16.6 Å². The van der Waals surface area contributed by atoms with Crippen molar-refractivity contribution in [3.63, 3.8) is 0 Å². The highest BCUT2D eigenvalue weighted by atomic mass is 15.0. The van der Waals surface area contributed by atoms with Gasteiger partial charge in [0.05, 0.1) is 5.52 Å². The van der Waals surface area contributed by atoms with Gasteiger partial charge in [0.25, 0.3) is 0 Å². The predicted molar refractivity (Wildman–Crippen MR) is 77.7 cm³/mol. The van der Waals surface area contributed by atoms with Crippen molar-refractivity contribution in [2.24, 2.45) is 11.7 Å². The quantitative estimate of drug-likeness (QED) is 0.868. The number of nitrogens with two attached hydrogens (primary N) is 1. The fourth-order valence-corrected chi connectivity index (χ4v) is 1.94. The number of nitrogens with one attached hydrogen (secondary N) is 1. The highest BCUT2D eigenvalue weighted by molar-refractivity contribution is 5.91. The van der Waals surface area contributed by atoms with Gasteiger partial charge in [0.1, 0.15) is 0 Å². The SMILES string of the molecule is CC(C)C(C)(CN)Nc1ccnc2ccccc12. The Kier molecular flexibility index (Phi) is 3.53. The molecular weight excluding hydrogens is 222 g/mol. The Morgan fingerprint density at radius 2 is 2.00 bits per heavy atom. The number of aromatic nitrogens is 1. The van der Waals surface area contributed by atoms with Crippen LogP contribution in [0.15, 0.2) is 36.5 Å². The molecule has 0 aliphatic carbocycles. The van der Waals surface area contributed by atoms with Crippen LogP contribution in [0.4, 0.5) is 5.69 Å². The van der Waals surface area contributed by atoms with Gasteiger partial charge in [0.2, 0.25) is 0 Å². The number of nitrogens with zero attached hydrogens (tertiary/aromatic N) is 1. The summed E-state index contributed by atoms with van der Waals surface area (Å²) in [5, 5.41) is 4.72. The van der Waals surface area contributed by atoms with Crippen molar-refractivity contribution in [1.29, 1.82) is 0 Å². The molecule has 0 radical (unpaired) electrons. The van der Waals surface area contributed by atoms with Crippen molar-refractivity contribution in [1.82, 2.24) is 4.98 Å². The molecule has 3 N–H and O–H groups in total. The average Bonchev–Trinajstić information content (AvgIpc) is 2.39. The second-order valence-corrected chi connectivity index (χ2v) is 5.28. The second kappa shape index (κ2) is 4.94. The van der Waals surface area contributed by atoms with Crippen molar-refractivity contribution >= 4 is 16.6 Å². The first-order valence-electron chi connectivity index (χ1n) is 6.39. The van der Waals surface area contributed by atoms with Crippen molar-refractivity contribution in [3.8, 4) is 0 Å². The molecule has 3 heteroatoms. The summed E-state index contributed by atoms with van der Waals surface area (Å²) in [6.45, 7) is 7.13. The fourth-order valence-electron chi connectivity index (χ4n) is 1.94. The molecule has 1 unspecified atom stereocenters. The summed E-state index contributed by atoms with van der Waals surface area (Å²) in [5.41, 5.74) is 7.92. The average molecular weight is 243 g/mol. The third kappa shape index (κ3) is 2.31. The minimum atomic E-state index is -0.107. The van der Waals surface area contributed by atoms with E-state index in [-0.39, 0.29) is 5.54 Å². The fraction of sp³-hybridized carbons (Fsp3) is 0.400. The Morgan fingerprint density at radius 1 is 1.28 bits per heavy atom. The Labute approximate surface area is 108 Å². The number of pyridine rings is 1. The second-order valence-electron chi connectivity index (χ2n) is 5.28. The van der Waals surface area contributed by atoms with Crippen molar-refractivity contribution < 1.29 is 0 Å². The zero-order chi connectivity index (χ0) is 13.2. The summed E-state index contributed by atoms with van der Waals surface area (Å²) in [6.07, 6.45) is 1.84. The number of hydrogen-bond donors (Lipinski definition) is 2. The van der Waals surface area contributed by atoms with Crippen LogP contribution in [0.3, 0.4) is 0 Å². The van der Waals surface area contributed by atoms with Crippen LogP contribution in [0.2, 0.25) is 0 Å². The molecule has 0 aliphatic heterocycles. The van der Waals surface area contributed by atoms with E-state index in [1.807, 2.05) is 30.5 Å². The van der Waals surface area contributed by atoms with Crippen LogP contribution < -0.4 is 11.1 Å². The van der Waals surface area contributed by atoms with Gasteiger partial charge in [-0.1, -0.05) is 32.0 Å². The highest BCUT2D eigenvalue weighted by Gasteiger charge is 2.26. The molecule has 2 rings (SSSR count). The summed E-state index contributed by atoms with van der Waals surface area (Å²) < 4.78 is 0. The van der Waals surface area contributed by atoms with E-state index in [9.17, 15) is 0 Å². The first-order chi connectivity index (χ1) is 8.57. The largest absolute Gasteiger partial charge is 0.378 e. The van der Waals surface area contributed by atoms with Gasteiger partial charge in [-0.3, -0.25) is 4.98 Å². The monoisotopic (exact) mass is 243 g/mol. The third-order valence-corrected chi connectivity index (χ3v) is 3.77. The van der Waals surface area contributed by atoms with Gasteiger partial charge in [0.15, 0.2) is 0 Å². The molecule has 0 bridgehead atoms. The van der Waals surface area contributed by atoms with E-state index in [2.05, 4.69) is 37.1 Å². The minimum Gasteiger partial charge on any atom is -0.378 e. The van der Waals surface area contributed by atoms with E-state index in [1.165, 1.54) is 0 Å². The third-order valence-electron chi connectivity index (χ3n) is 3.77. The molecule has 2 aromatic rings. The topological polar surface area (TPSA) is 50.9 Å². The smallest absolute Gasteiger partial charge is 0.0722 e. The van der Waals surface area contributed by atoms with Gasteiger partial charge in [-0.05, 0) is 25.0 Å². The van der Waals surface area contributed by atoms with Crippen LogP contribution in [0.5, 0.6) is 0 Å². The molecule has 1 heterocycles. The van der Waals surface area contributed by atoms with E-state index >= 15 is 0 Å². The van der Waals surface area contributed by atoms with E-state index in [1.54, 1.807) is 0 Å². The van der Waals surface area contributed by atoms with Crippen molar-refractivity contribution in [2.45, 2.75) is 26.3 Å². The van der Waals surface area contributed by atoms with Crippen LogP contribution in [-0.4, -0.2) is 17.1 Å². The van der Waals surface area contributed by atoms with E-state index < -0.39 is 0 Å². The van der Waals surface area contributed by atoms with Gasteiger partial charge in [0, 0.05) is 29.4 Å². The number of benzene rings is 1. The van der Waals surface area contributed by atoms with E-state index in [4.69, 9.17) is 5.73 Å². The lowest BCUT2D eigenvalue weighted by atomic mass is 9.88. The minimum absolute atomic E-state index is 0.107. The summed E-state index contributed by atoms with van der Waals surface area (Å²) in [4.78, 5) is 4.37. The maximum Gasteiger partial charge on any atom is 0.0722 e. The normalized spacial score (nSPS) is 14.7. The molecule has 96 valence electrons. The van der Waals surface area contributed by atoms with E-state index in [0.29, 0.717) is 12.5 Å². The Morgan fingerprint density at radius 3 is 2.67 bits per heavy atom. The molecule has 0 saturated carbocycles. The molecule has 18 heavy (non-hydrogen) atoms. The summed E-state index contributed by atoms with van der Waals surface area (Å²) in [7, 11) is 0. The van der Waals surface area contributed by atoms with Gasteiger partial charge in [-0.2, -0.15) is 0 Å². The molecule has 1 aromatic heterocycles. The van der Waals surface area contributed by atoms with Crippen molar-refractivity contribution in [2.75, 3.05) is 11.9 Å². The summed E-state index contributed by atoms with van der Waals surface area (Å²) in [5.74, 6) is 0.453. The Hall–Kier alpha value is -1.61. The standard InChI is InChI=1S/C15H21N3/c1-11(2)15(3,10-16)18-14-8-9-17-13-7-5-4-6-12(13)14/h4-9,11H,10,16H2,1-3H3,(H,17,18). The first kappa shape index (κ1) is 12.8. The number of anilines is 1. The predicted octanol–water partition coefficient (Wildman–Crippen LogP) is 3.02. The molecule has 1 aromatic carbocycles. The zero-order valence-corrected chi connectivity index (χ0v) is 11.3. The van der Waals surface area contributed by atoms with Crippen LogP contribution in [0.1, 0.15) is 20.8 Å². The highest BCUT2D eigenvalue weighted by Crippen LogP contribution is 2.27. The van der Waals surface area contributed by atoms with Gasteiger partial charge in [-0.25, -0.2) is 0 Å². The Balaban J connectivity index is 2.43. The first-order valence-corrected chi connectivity index (χ1v) is 6.39. The van der Waals surface area contributed by atoms with Gasteiger partial charge in [-0.15, -0.1) is 0 Å². The molecule has 0 fully saturated rings. The lowest BCUT2D eigenvalue weighted by molar-refractivity contribution is 0.383. The van der Waals surface area contributed by atoms with Crippen LogP contribution >= 0.6 is 0 Å². The number of hydrogen-bond acceptors (Lipinski definition) is 3. The molecule has 0 spiro atoms. The molecule has 3 nitrogen and oxygen atoms in total. The summed E-state index contributed by atoms with van der Waals surface area (Å²) in [6, 6.07) is 10.2. The number of para-hydroxylation sites is 1. The van der Waals surface area contributed by atoms with Crippen LogP contribution in [0, 0.1) is 5.92 Å². The maximum atomic E-state index is 5.92. The van der Waals surface area contributed by atoms with Crippen molar-refractivity contribution in [3.05, 3.63) is 36.5 Å². The molecule has 0 amide bonds. The molecule has 1 atom stereocenters. The van der Waals surface area contributed by atoms with Gasteiger partial charge >= 0.3 is 0 Å². The zero-order valence-electron chi connectivity index (χ0n) is 11.3. The molecule has 0 aliphatic rings. The lowest BCUT2D eigenvalue weighted by Crippen LogP contribution is -2.47. The number of fused-ring (bicyclic) bond motifs is 1. The Bertz CT molecular complexity index is 531. The maximum absolute atomic E-state index is 5.92. The lowest BCUT2D eigenvalue weighted by Gasteiger charge is -2.35. The van der Waals surface area contributed by atoms with Crippen LogP contribution in [-0.2, 0) is 0 Å². The molecular formula is C15H21N3. The summed E-state index contributed by atoms with van der Waals surface area (Å²) >= 11 is 0. The molecule has 0 saturated heterocycles. The van der Waals surface area contributed by atoms with Crippen LogP contribution in [0.25, 0.3) is 10.9 Å². The van der Waals surface area contributed by atoms with Gasteiger partial charge < -0.3 is 11.1 Å². The number of rotatable bonds is 4.